The fraction of sp³-hybridized carbons (Fsp3) is 0.522. The molecule has 0 saturated carbocycles. The molecule has 8 heteroatoms. The van der Waals surface area contributed by atoms with Crippen molar-refractivity contribution in [2.45, 2.75) is 32.1 Å². The molecule has 0 unspecified atom stereocenters. The van der Waals surface area contributed by atoms with Crippen LogP contribution in [-0.2, 0) is 16.0 Å². The zero-order valence-electron chi connectivity index (χ0n) is 17.8. The van der Waals surface area contributed by atoms with Crippen LogP contribution >= 0.6 is 11.6 Å². The van der Waals surface area contributed by atoms with Crippen molar-refractivity contribution in [2.24, 2.45) is 0 Å². The number of nitrogens with zero attached hydrogens (tertiary/aromatic N) is 4. The minimum atomic E-state index is 0.105. The molecule has 166 valence electrons. The number of hydrogen-bond acceptors (Lipinski definition) is 5. The van der Waals surface area contributed by atoms with Crippen LogP contribution in [0.1, 0.15) is 31.6 Å². The van der Waals surface area contributed by atoms with Crippen LogP contribution in [0.4, 0.5) is 0 Å². The number of hydrogen-bond donors (Lipinski definition) is 0. The summed E-state index contributed by atoms with van der Waals surface area (Å²) in [6.45, 7) is 5.04. The third-order valence-electron chi connectivity index (χ3n) is 6.03. The smallest absolute Gasteiger partial charge is 0.236 e. The third kappa shape index (κ3) is 5.86. The molecular formula is C23H29ClN4O3. The molecule has 2 fully saturated rings. The molecule has 1 aromatic carbocycles. The van der Waals surface area contributed by atoms with Crippen LogP contribution in [0.5, 0.6) is 0 Å². The van der Waals surface area contributed by atoms with Crippen LogP contribution in [0, 0.1) is 0 Å². The van der Waals surface area contributed by atoms with Crippen molar-refractivity contribution in [2.75, 3.05) is 45.8 Å². The van der Waals surface area contributed by atoms with Gasteiger partial charge in [0.25, 0.3) is 0 Å². The van der Waals surface area contributed by atoms with Crippen molar-refractivity contribution in [1.82, 2.24) is 19.7 Å². The predicted molar refractivity (Wildman–Crippen MR) is 119 cm³/mol. The molecule has 2 aromatic rings. The number of aromatic nitrogens is 1. The number of piperidine rings is 1. The number of likely N-dealkylation sites (tertiary alicyclic amines) is 1. The summed E-state index contributed by atoms with van der Waals surface area (Å²) in [5.74, 6) is 1.56. The van der Waals surface area contributed by atoms with Gasteiger partial charge in [-0.1, -0.05) is 11.6 Å². The Morgan fingerprint density at radius 1 is 0.903 bits per heavy atom. The monoisotopic (exact) mass is 444 g/mol. The summed E-state index contributed by atoms with van der Waals surface area (Å²) in [7, 11) is 0. The molecule has 1 aromatic heterocycles. The topological polar surface area (TPSA) is 69.9 Å². The third-order valence-corrected chi connectivity index (χ3v) is 6.28. The highest BCUT2D eigenvalue weighted by Crippen LogP contribution is 2.23. The van der Waals surface area contributed by atoms with E-state index in [1.807, 2.05) is 34.1 Å². The lowest BCUT2D eigenvalue weighted by atomic mass is 10.1. The highest BCUT2D eigenvalue weighted by atomic mass is 35.5. The van der Waals surface area contributed by atoms with Gasteiger partial charge >= 0.3 is 0 Å². The summed E-state index contributed by atoms with van der Waals surface area (Å²) in [6.07, 6.45) is 5.97. The second-order valence-corrected chi connectivity index (χ2v) is 8.66. The number of aryl methyl sites for hydroxylation is 1. The van der Waals surface area contributed by atoms with E-state index in [2.05, 4.69) is 9.88 Å². The molecular weight excluding hydrogens is 416 g/mol. The molecule has 2 saturated heterocycles. The number of benzene rings is 1. The van der Waals surface area contributed by atoms with Crippen LogP contribution in [0.2, 0.25) is 5.02 Å². The summed E-state index contributed by atoms with van der Waals surface area (Å²) in [6, 6.07) is 7.38. The summed E-state index contributed by atoms with van der Waals surface area (Å²) in [4.78, 5) is 35.4. The van der Waals surface area contributed by atoms with E-state index in [0.717, 1.165) is 44.6 Å². The van der Waals surface area contributed by atoms with E-state index in [4.69, 9.17) is 16.0 Å². The van der Waals surface area contributed by atoms with Gasteiger partial charge in [-0.2, -0.15) is 0 Å². The van der Waals surface area contributed by atoms with Crippen LogP contribution < -0.4 is 0 Å². The van der Waals surface area contributed by atoms with Crippen LogP contribution in [0.15, 0.2) is 34.9 Å². The van der Waals surface area contributed by atoms with E-state index in [-0.39, 0.29) is 11.8 Å². The molecule has 0 spiro atoms. The number of carbonyl (C=O) groups is 2. The second-order valence-electron chi connectivity index (χ2n) is 8.22. The largest absolute Gasteiger partial charge is 0.441 e. The Hall–Kier alpha value is -2.38. The van der Waals surface area contributed by atoms with Crippen molar-refractivity contribution < 1.29 is 14.0 Å². The maximum absolute atomic E-state index is 12.6. The first-order valence-electron chi connectivity index (χ1n) is 11.1. The molecule has 2 aliphatic heterocycles. The van der Waals surface area contributed by atoms with E-state index in [9.17, 15) is 9.59 Å². The average molecular weight is 445 g/mol. The molecule has 7 nitrogen and oxygen atoms in total. The van der Waals surface area contributed by atoms with Crippen LogP contribution in [0.25, 0.3) is 11.3 Å². The van der Waals surface area contributed by atoms with Gasteiger partial charge in [-0.25, -0.2) is 4.98 Å². The first-order valence-corrected chi connectivity index (χ1v) is 11.4. The Bertz CT molecular complexity index is 884. The fourth-order valence-corrected chi connectivity index (χ4v) is 4.26. The van der Waals surface area contributed by atoms with E-state index in [1.165, 1.54) is 6.42 Å². The van der Waals surface area contributed by atoms with Crippen molar-refractivity contribution in [3.8, 4) is 11.3 Å². The first kappa shape index (κ1) is 21.8. The summed E-state index contributed by atoms with van der Waals surface area (Å²) in [5, 5.41) is 0.671. The van der Waals surface area contributed by atoms with Crippen LogP contribution in [-0.4, -0.2) is 77.3 Å². The maximum Gasteiger partial charge on any atom is 0.236 e. The fourth-order valence-electron chi connectivity index (χ4n) is 4.14. The number of carbonyl (C=O) groups excluding carboxylic acids is 2. The quantitative estimate of drug-likeness (QED) is 0.684. The van der Waals surface area contributed by atoms with E-state index < -0.39 is 0 Å². The van der Waals surface area contributed by atoms with Crippen molar-refractivity contribution in [3.63, 3.8) is 0 Å². The summed E-state index contributed by atoms with van der Waals surface area (Å²) in [5.41, 5.74) is 0.907. The molecule has 2 amide bonds. The number of oxazole rings is 1. The Balaban J connectivity index is 1.20. The van der Waals surface area contributed by atoms with Gasteiger partial charge in [0.05, 0.1) is 12.7 Å². The minimum absolute atomic E-state index is 0.105. The van der Waals surface area contributed by atoms with Gasteiger partial charge in [0, 0.05) is 62.7 Å². The van der Waals surface area contributed by atoms with E-state index >= 15 is 0 Å². The lowest BCUT2D eigenvalue weighted by molar-refractivity contribution is -0.135. The molecule has 0 aliphatic carbocycles. The van der Waals surface area contributed by atoms with Crippen molar-refractivity contribution in [3.05, 3.63) is 41.4 Å². The predicted octanol–water partition coefficient (Wildman–Crippen LogP) is 3.08. The SMILES string of the molecule is O=C(CCc1ncc(-c2ccc(Cl)cc2)o1)N1CCN(CC(=O)N2CCCCC2)CC1. The second kappa shape index (κ2) is 10.3. The number of halogens is 1. The summed E-state index contributed by atoms with van der Waals surface area (Å²) >= 11 is 5.92. The molecule has 31 heavy (non-hydrogen) atoms. The Morgan fingerprint density at radius 2 is 1.58 bits per heavy atom. The lowest BCUT2D eigenvalue weighted by Crippen LogP contribution is -2.52. The highest BCUT2D eigenvalue weighted by Gasteiger charge is 2.25. The van der Waals surface area contributed by atoms with E-state index in [1.54, 1.807) is 6.20 Å². The first-order chi connectivity index (χ1) is 15.1. The molecule has 0 radical (unpaired) electrons. The zero-order valence-corrected chi connectivity index (χ0v) is 18.5. The normalized spacial score (nSPS) is 17.7. The number of amides is 2. The molecule has 3 heterocycles. The van der Waals surface area contributed by atoms with Gasteiger partial charge in [0.2, 0.25) is 11.8 Å². The number of piperazine rings is 1. The standard InChI is InChI=1S/C23H29ClN4O3/c24-19-6-4-18(5-7-19)20-16-25-21(31-20)8-9-22(29)28-14-12-26(13-15-28)17-23(30)27-10-2-1-3-11-27/h4-7,16H,1-3,8-15,17H2. The number of rotatable bonds is 6. The summed E-state index contributed by atoms with van der Waals surface area (Å²) < 4.78 is 5.79. The molecule has 0 N–H and O–H groups in total. The molecule has 2 aliphatic rings. The maximum atomic E-state index is 12.6. The van der Waals surface area contributed by atoms with Gasteiger partial charge in [-0.05, 0) is 43.5 Å². The van der Waals surface area contributed by atoms with E-state index in [0.29, 0.717) is 49.1 Å². The minimum Gasteiger partial charge on any atom is -0.441 e. The molecule has 0 bridgehead atoms. The average Bonchev–Trinajstić information content (AvgIpc) is 3.28. The Morgan fingerprint density at radius 3 is 2.29 bits per heavy atom. The van der Waals surface area contributed by atoms with Gasteiger partial charge in [0.15, 0.2) is 11.7 Å². The molecule has 4 rings (SSSR count). The van der Waals surface area contributed by atoms with Crippen molar-refractivity contribution >= 4 is 23.4 Å². The zero-order chi connectivity index (χ0) is 21.6. The van der Waals surface area contributed by atoms with Gasteiger partial charge in [-0.15, -0.1) is 0 Å². The Kier molecular flexibility index (Phi) is 7.25. The van der Waals surface area contributed by atoms with Gasteiger partial charge in [-0.3, -0.25) is 14.5 Å². The van der Waals surface area contributed by atoms with Gasteiger partial charge in [0.1, 0.15) is 0 Å². The highest BCUT2D eigenvalue weighted by molar-refractivity contribution is 6.30. The van der Waals surface area contributed by atoms with Crippen molar-refractivity contribution in [1.29, 1.82) is 0 Å². The molecule has 0 atom stereocenters. The Labute approximate surface area is 188 Å². The van der Waals surface area contributed by atoms with Crippen LogP contribution in [0.3, 0.4) is 0 Å². The van der Waals surface area contributed by atoms with Gasteiger partial charge < -0.3 is 14.2 Å². The lowest BCUT2D eigenvalue weighted by Gasteiger charge is -2.36.